The number of nitrogens with zero attached hydrogens (tertiary/aromatic N) is 1. The van der Waals surface area contributed by atoms with Gasteiger partial charge in [0, 0.05) is 0 Å². The van der Waals surface area contributed by atoms with E-state index in [-0.39, 0.29) is 0 Å². The molecule has 0 saturated carbocycles. The Hall–Kier alpha value is -0.190. The summed E-state index contributed by atoms with van der Waals surface area (Å²) in [6.45, 7) is 0. The number of aromatic nitrogens is 1. The van der Waals surface area contributed by atoms with Crippen molar-refractivity contribution in [2.24, 2.45) is 0 Å². The number of benzene rings is 1. The Kier molecular flexibility index (Phi) is 2.07. The van der Waals surface area contributed by atoms with E-state index < -0.39 is 0 Å². The molecular formula is C7H4NS3. The largest absolute Gasteiger partial charge is 0.229 e. The summed E-state index contributed by atoms with van der Waals surface area (Å²) in [6, 6.07) is 8.06. The fraction of sp³-hybridized carbons (Fsp3) is 0. The Morgan fingerprint density at radius 3 is 2.91 bits per heavy atom. The zero-order valence-corrected chi connectivity index (χ0v) is 7.93. The van der Waals surface area contributed by atoms with Crippen LogP contribution in [0.2, 0.25) is 0 Å². The van der Waals surface area contributed by atoms with E-state index in [0.29, 0.717) is 0 Å². The molecule has 1 radical (unpaired) electrons. The molecule has 0 aliphatic rings. The molecule has 1 heterocycles. The van der Waals surface area contributed by atoms with Crippen LogP contribution in [0.5, 0.6) is 0 Å². The lowest BCUT2D eigenvalue weighted by atomic mass is 10.3. The van der Waals surface area contributed by atoms with Crippen molar-refractivity contribution in [3.8, 4) is 0 Å². The molecule has 0 atom stereocenters. The van der Waals surface area contributed by atoms with Crippen LogP contribution in [0.15, 0.2) is 28.6 Å². The lowest BCUT2D eigenvalue weighted by Gasteiger charge is -1.80. The maximum atomic E-state index is 4.82. The third-order valence-electron chi connectivity index (χ3n) is 1.35. The van der Waals surface area contributed by atoms with Gasteiger partial charge >= 0.3 is 0 Å². The minimum Gasteiger partial charge on any atom is -0.229 e. The van der Waals surface area contributed by atoms with E-state index in [1.54, 1.807) is 11.3 Å². The standard InChI is InChI=1S/C7H4NS3/c9-11-7-8-5-3-1-2-4-6(5)10-7/h1-4H. The van der Waals surface area contributed by atoms with E-state index in [9.17, 15) is 0 Å². The summed E-state index contributed by atoms with van der Waals surface area (Å²) in [5, 5.41) is 0. The zero-order valence-electron chi connectivity index (χ0n) is 5.48. The van der Waals surface area contributed by atoms with Crippen LogP contribution < -0.4 is 0 Å². The predicted octanol–water partition coefficient (Wildman–Crippen LogP) is 3.50. The molecule has 4 heteroatoms. The first-order valence-corrected chi connectivity index (χ1v) is 5.61. The van der Waals surface area contributed by atoms with Crippen LogP contribution in [0.3, 0.4) is 0 Å². The SMILES string of the molecule is [S]Sc1nc2ccccc2s1. The number of hydrogen-bond acceptors (Lipinski definition) is 3. The number of fused-ring (bicyclic) bond motifs is 1. The Balaban J connectivity index is 2.69. The molecule has 0 aliphatic carbocycles. The van der Waals surface area contributed by atoms with Gasteiger partial charge in [-0.25, -0.2) is 4.98 Å². The summed E-state index contributed by atoms with van der Waals surface area (Å²) in [5.41, 5.74) is 1.05. The summed E-state index contributed by atoms with van der Waals surface area (Å²) in [5.74, 6) is 0. The molecule has 2 rings (SSSR count). The van der Waals surface area contributed by atoms with E-state index in [1.807, 2.05) is 18.2 Å². The Morgan fingerprint density at radius 2 is 2.18 bits per heavy atom. The fourth-order valence-corrected chi connectivity index (χ4v) is 2.54. The predicted molar refractivity (Wildman–Crippen MR) is 53.1 cm³/mol. The smallest absolute Gasteiger partial charge is 0.162 e. The van der Waals surface area contributed by atoms with Crippen molar-refractivity contribution in [1.82, 2.24) is 4.98 Å². The molecule has 2 aromatic rings. The normalized spacial score (nSPS) is 10.6. The van der Waals surface area contributed by atoms with E-state index in [0.717, 1.165) is 9.86 Å². The van der Waals surface area contributed by atoms with Crippen molar-refractivity contribution in [3.63, 3.8) is 0 Å². The van der Waals surface area contributed by atoms with Gasteiger partial charge in [-0.05, 0) is 34.6 Å². The van der Waals surface area contributed by atoms with Crippen LogP contribution in [0.25, 0.3) is 10.2 Å². The molecule has 0 fully saturated rings. The number of rotatable bonds is 1. The third kappa shape index (κ3) is 1.38. The lowest BCUT2D eigenvalue weighted by Crippen LogP contribution is -1.63. The number of thiazole rings is 1. The molecule has 0 unspecified atom stereocenters. The van der Waals surface area contributed by atoms with Gasteiger partial charge in [-0.15, -0.1) is 11.3 Å². The minimum absolute atomic E-state index is 0.959. The summed E-state index contributed by atoms with van der Waals surface area (Å²) < 4.78 is 2.17. The van der Waals surface area contributed by atoms with Crippen molar-refractivity contribution in [3.05, 3.63) is 24.3 Å². The zero-order chi connectivity index (χ0) is 7.68. The Bertz CT molecular complexity index is 335. The molecule has 0 bridgehead atoms. The monoisotopic (exact) mass is 198 g/mol. The molecule has 11 heavy (non-hydrogen) atoms. The van der Waals surface area contributed by atoms with E-state index in [4.69, 9.17) is 11.7 Å². The summed E-state index contributed by atoms with van der Waals surface area (Å²) in [4.78, 5) is 4.31. The van der Waals surface area contributed by atoms with Crippen molar-refractivity contribution in [2.75, 3.05) is 0 Å². The molecule has 55 valence electrons. The van der Waals surface area contributed by atoms with Crippen LogP contribution in [0.1, 0.15) is 0 Å². The second-order valence-electron chi connectivity index (χ2n) is 2.03. The maximum absolute atomic E-state index is 4.82. The molecule has 1 aromatic carbocycles. The third-order valence-corrected chi connectivity index (χ3v) is 3.70. The summed E-state index contributed by atoms with van der Waals surface area (Å²) in [7, 11) is 1.29. The maximum Gasteiger partial charge on any atom is 0.162 e. The highest BCUT2D eigenvalue weighted by atomic mass is 33.1. The average molecular weight is 198 g/mol. The van der Waals surface area contributed by atoms with Gasteiger partial charge < -0.3 is 0 Å². The molecule has 0 amide bonds. The highest BCUT2D eigenvalue weighted by Crippen LogP contribution is 2.30. The van der Waals surface area contributed by atoms with E-state index >= 15 is 0 Å². The molecule has 0 spiro atoms. The van der Waals surface area contributed by atoms with Crippen LogP contribution in [-0.4, -0.2) is 4.98 Å². The van der Waals surface area contributed by atoms with Crippen molar-refractivity contribution in [2.45, 2.75) is 4.34 Å². The van der Waals surface area contributed by atoms with Crippen molar-refractivity contribution < 1.29 is 0 Å². The van der Waals surface area contributed by atoms with Crippen LogP contribution in [-0.2, 0) is 0 Å². The highest BCUT2D eigenvalue weighted by Gasteiger charge is 2.00. The Labute approximate surface area is 77.7 Å². The Morgan fingerprint density at radius 1 is 1.36 bits per heavy atom. The quantitative estimate of drug-likeness (QED) is 0.650. The van der Waals surface area contributed by atoms with Gasteiger partial charge in [0.05, 0.1) is 10.2 Å². The molecule has 1 aromatic heterocycles. The summed E-state index contributed by atoms with van der Waals surface area (Å²) in [6.07, 6.45) is 0. The van der Waals surface area contributed by atoms with Crippen molar-refractivity contribution in [1.29, 1.82) is 0 Å². The van der Waals surface area contributed by atoms with Gasteiger partial charge in [0.2, 0.25) is 0 Å². The lowest BCUT2D eigenvalue weighted by molar-refractivity contribution is 1.31. The number of para-hydroxylation sites is 1. The van der Waals surface area contributed by atoms with Crippen LogP contribution in [0, 0.1) is 0 Å². The van der Waals surface area contributed by atoms with Crippen molar-refractivity contribution >= 4 is 44.0 Å². The first-order chi connectivity index (χ1) is 5.40. The topological polar surface area (TPSA) is 12.9 Å². The first kappa shape index (κ1) is 7.46. The van der Waals surface area contributed by atoms with Gasteiger partial charge in [-0.1, -0.05) is 12.1 Å². The second kappa shape index (κ2) is 3.05. The van der Waals surface area contributed by atoms with Gasteiger partial charge in [0.15, 0.2) is 4.34 Å². The average Bonchev–Trinajstić information content (AvgIpc) is 2.46. The van der Waals surface area contributed by atoms with Gasteiger partial charge in [0.1, 0.15) is 0 Å². The summed E-state index contributed by atoms with van der Waals surface area (Å²) >= 11 is 6.47. The molecule has 1 nitrogen and oxygen atoms in total. The molecule has 0 saturated heterocycles. The van der Waals surface area contributed by atoms with Gasteiger partial charge in [-0.2, -0.15) is 0 Å². The minimum atomic E-state index is 0.959. The van der Waals surface area contributed by atoms with E-state index in [1.165, 1.54) is 15.5 Å². The van der Waals surface area contributed by atoms with Gasteiger partial charge in [0.25, 0.3) is 0 Å². The molecule has 0 aliphatic heterocycles. The first-order valence-electron chi connectivity index (χ1n) is 3.05. The van der Waals surface area contributed by atoms with Crippen LogP contribution >= 0.6 is 33.8 Å². The van der Waals surface area contributed by atoms with E-state index in [2.05, 4.69) is 11.1 Å². The number of hydrogen-bond donors (Lipinski definition) is 0. The van der Waals surface area contributed by atoms with Gasteiger partial charge in [-0.3, -0.25) is 0 Å². The highest BCUT2D eigenvalue weighted by molar-refractivity contribution is 8.69. The second-order valence-corrected chi connectivity index (χ2v) is 4.37. The fourth-order valence-electron chi connectivity index (χ4n) is 0.887. The van der Waals surface area contributed by atoms with Crippen LogP contribution in [0.4, 0.5) is 0 Å². The molecular weight excluding hydrogens is 194 g/mol. The molecule has 0 N–H and O–H groups in total.